The number of anilines is 1. The zero-order valence-electron chi connectivity index (χ0n) is 11.7. The maximum absolute atomic E-state index is 12.5. The molecule has 1 aromatic rings. The largest absolute Gasteiger partial charge is 0.314 e. The number of nitrogens with one attached hydrogen (secondary N) is 1. The Bertz CT molecular complexity index is 567. The van der Waals surface area contributed by atoms with Crippen LogP contribution in [0.5, 0.6) is 0 Å². The first-order chi connectivity index (χ1) is 9.67. The molecule has 3 rings (SSSR count). The van der Waals surface area contributed by atoms with E-state index in [9.17, 15) is 8.42 Å². The van der Waals surface area contributed by atoms with Crippen LogP contribution in [0.1, 0.15) is 31.2 Å². The van der Waals surface area contributed by atoms with Gasteiger partial charge in [-0.15, -0.1) is 0 Å². The second kappa shape index (κ2) is 5.74. The molecule has 0 aromatic heterocycles. The standard InChI is InChI=1S/C15H22N2O2S/c18-20(19,12-4-10-16-14-8-9-14)17-11-3-6-13-5-1-2-7-15(13)17/h1-2,5,7,14,16H,3-4,6,8-12H2. The first kappa shape index (κ1) is 13.9. The summed E-state index contributed by atoms with van der Waals surface area (Å²) < 4.78 is 26.6. The molecule has 0 radical (unpaired) electrons. The monoisotopic (exact) mass is 294 g/mol. The van der Waals surface area contributed by atoms with E-state index in [1.54, 1.807) is 4.31 Å². The van der Waals surface area contributed by atoms with Crippen LogP contribution < -0.4 is 9.62 Å². The van der Waals surface area contributed by atoms with Gasteiger partial charge in [0.15, 0.2) is 0 Å². The molecule has 20 heavy (non-hydrogen) atoms. The number of nitrogens with zero attached hydrogens (tertiary/aromatic N) is 1. The molecule has 0 saturated heterocycles. The van der Waals surface area contributed by atoms with Crippen molar-refractivity contribution in [2.45, 2.75) is 38.1 Å². The fourth-order valence-corrected chi connectivity index (χ4v) is 4.36. The second-order valence-electron chi connectivity index (χ2n) is 5.70. The Labute approximate surface area is 121 Å². The molecule has 0 amide bonds. The highest BCUT2D eigenvalue weighted by atomic mass is 32.2. The topological polar surface area (TPSA) is 49.4 Å². The molecule has 2 aliphatic rings. The van der Waals surface area contributed by atoms with E-state index in [1.165, 1.54) is 12.8 Å². The van der Waals surface area contributed by atoms with Crippen molar-refractivity contribution in [3.05, 3.63) is 29.8 Å². The van der Waals surface area contributed by atoms with Crippen molar-refractivity contribution in [3.63, 3.8) is 0 Å². The van der Waals surface area contributed by atoms with Gasteiger partial charge in [0.2, 0.25) is 10.0 Å². The fraction of sp³-hybridized carbons (Fsp3) is 0.600. The van der Waals surface area contributed by atoms with Crippen LogP contribution >= 0.6 is 0 Å². The third-order valence-electron chi connectivity index (χ3n) is 3.99. The molecule has 0 unspecified atom stereocenters. The predicted octanol–water partition coefficient (Wildman–Crippen LogP) is 1.91. The summed E-state index contributed by atoms with van der Waals surface area (Å²) in [5.41, 5.74) is 2.03. The van der Waals surface area contributed by atoms with Gasteiger partial charge in [-0.2, -0.15) is 0 Å². The quantitative estimate of drug-likeness (QED) is 0.815. The average molecular weight is 294 g/mol. The van der Waals surface area contributed by atoms with Crippen molar-refractivity contribution in [2.75, 3.05) is 23.1 Å². The summed E-state index contributed by atoms with van der Waals surface area (Å²) in [6.45, 7) is 1.43. The molecule has 0 bridgehead atoms. The van der Waals surface area contributed by atoms with E-state index in [4.69, 9.17) is 0 Å². The lowest BCUT2D eigenvalue weighted by Crippen LogP contribution is -2.37. The van der Waals surface area contributed by atoms with Crippen LogP contribution in [0.4, 0.5) is 5.69 Å². The van der Waals surface area contributed by atoms with Crippen LogP contribution in [0, 0.1) is 0 Å². The Kier molecular flexibility index (Phi) is 3.98. The minimum atomic E-state index is -3.18. The number of benzene rings is 1. The van der Waals surface area contributed by atoms with Crippen LogP contribution in [0.25, 0.3) is 0 Å². The lowest BCUT2D eigenvalue weighted by Gasteiger charge is -2.30. The Morgan fingerprint density at radius 1 is 1.25 bits per heavy atom. The summed E-state index contributed by atoms with van der Waals surface area (Å²) in [6, 6.07) is 8.50. The second-order valence-corrected chi connectivity index (χ2v) is 7.72. The van der Waals surface area contributed by atoms with Gasteiger partial charge in [0.1, 0.15) is 0 Å². The molecular formula is C15H22N2O2S. The van der Waals surface area contributed by atoms with Crippen molar-refractivity contribution in [2.24, 2.45) is 0 Å². The van der Waals surface area contributed by atoms with Crippen LogP contribution in [-0.4, -0.2) is 33.3 Å². The van der Waals surface area contributed by atoms with Crippen LogP contribution in [-0.2, 0) is 16.4 Å². The first-order valence-electron chi connectivity index (χ1n) is 7.48. The summed E-state index contributed by atoms with van der Waals surface area (Å²) in [5.74, 6) is 0.237. The Balaban J connectivity index is 1.64. The van der Waals surface area contributed by atoms with Crippen molar-refractivity contribution >= 4 is 15.7 Å². The number of aryl methyl sites for hydroxylation is 1. The van der Waals surface area contributed by atoms with E-state index in [0.29, 0.717) is 19.0 Å². The molecule has 1 aliphatic heterocycles. The van der Waals surface area contributed by atoms with E-state index in [1.807, 2.05) is 24.3 Å². The SMILES string of the molecule is O=S(=O)(CCCNC1CC1)N1CCCc2ccccc21. The smallest absolute Gasteiger partial charge is 0.235 e. The highest BCUT2D eigenvalue weighted by molar-refractivity contribution is 7.92. The van der Waals surface area contributed by atoms with Crippen molar-refractivity contribution in [1.29, 1.82) is 0 Å². The van der Waals surface area contributed by atoms with Crippen molar-refractivity contribution in [1.82, 2.24) is 5.32 Å². The maximum atomic E-state index is 12.5. The number of sulfonamides is 1. The van der Waals surface area contributed by atoms with Gasteiger partial charge in [-0.1, -0.05) is 18.2 Å². The number of hydrogen-bond donors (Lipinski definition) is 1. The summed E-state index contributed by atoms with van der Waals surface area (Å²) in [5, 5.41) is 3.37. The molecule has 0 atom stereocenters. The van der Waals surface area contributed by atoms with Gasteiger partial charge in [0.05, 0.1) is 11.4 Å². The lowest BCUT2D eigenvalue weighted by molar-refractivity contribution is 0.579. The fourth-order valence-electron chi connectivity index (χ4n) is 2.75. The summed E-state index contributed by atoms with van der Waals surface area (Å²) in [4.78, 5) is 0. The summed E-state index contributed by atoms with van der Waals surface area (Å²) in [7, 11) is -3.18. The predicted molar refractivity (Wildman–Crippen MR) is 81.5 cm³/mol. The van der Waals surface area contributed by atoms with Gasteiger partial charge in [0.25, 0.3) is 0 Å². The number of para-hydroxylation sites is 1. The van der Waals surface area contributed by atoms with E-state index < -0.39 is 10.0 Å². The van der Waals surface area contributed by atoms with Gasteiger partial charge in [-0.25, -0.2) is 8.42 Å². The van der Waals surface area contributed by atoms with Crippen molar-refractivity contribution in [3.8, 4) is 0 Å². The molecule has 1 N–H and O–H groups in total. The minimum absolute atomic E-state index is 0.237. The van der Waals surface area contributed by atoms with Crippen molar-refractivity contribution < 1.29 is 8.42 Å². The van der Waals surface area contributed by atoms with Gasteiger partial charge >= 0.3 is 0 Å². The van der Waals surface area contributed by atoms with E-state index in [2.05, 4.69) is 5.32 Å². The van der Waals surface area contributed by atoms with Crippen LogP contribution in [0.3, 0.4) is 0 Å². The molecular weight excluding hydrogens is 272 g/mol. The third-order valence-corrected chi connectivity index (χ3v) is 5.85. The summed E-state index contributed by atoms with van der Waals surface area (Å²) >= 11 is 0. The molecule has 4 nitrogen and oxygen atoms in total. The average Bonchev–Trinajstić information content (AvgIpc) is 3.27. The molecule has 1 heterocycles. The first-order valence-corrected chi connectivity index (χ1v) is 9.09. The van der Waals surface area contributed by atoms with Gasteiger partial charge in [0, 0.05) is 12.6 Å². The third kappa shape index (κ3) is 3.15. The van der Waals surface area contributed by atoms with Crippen LogP contribution in [0.2, 0.25) is 0 Å². The van der Waals surface area contributed by atoms with Gasteiger partial charge in [-0.3, -0.25) is 4.31 Å². The lowest BCUT2D eigenvalue weighted by atomic mass is 10.0. The molecule has 1 aliphatic carbocycles. The van der Waals surface area contributed by atoms with E-state index >= 15 is 0 Å². The normalized spacial score (nSPS) is 18.9. The zero-order chi connectivity index (χ0) is 14.0. The van der Waals surface area contributed by atoms with E-state index in [-0.39, 0.29) is 5.75 Å². The minimum Gasteiger partial charge on any atom is -0.314 e. The number of rotatable bonds is 6. The van der Waals surface area contributed by atoms with Gasteiger partial charge < -0.3 is 5.32 Å². The Morgan fingerprint density at radius 2 is 2.05 bits per heavy atom. The molecule has 1 fully saturated rings. The Morgan fingerprint density at radius 3 is 2.85 bits per heavy atom. The molecule has 110 valence electrons. The molecule has 1 aromatic carbocycles. The van der Waals surface area contributed by atoms with Crippen LogP contribution in [0.15, 0.2) is 24.3 Å². The number of hydrogen-bond acceptors (Lipinski definition) is 3. The van der Waals surface area contributed by atoms with E-state index in [0.717, 1.165) is 30.6 Å². The number of fused-ring (bicyclic) bond motifs is 1. The molecule has 0 spiro atoms. The highest BCUT2D eigenvalue weighted by Gasteiger charge is 2.27. The van der Waals surface area contributed by atoms with Gasteiger partial charge in [-0.05, 0) is 50.3 Å². The maximum Gasteiger partial charge on any atom is 0.235 e. The Hall–Kier alpha value is -1.07. The zero-order valence-corrected chi connectivity index (χ0v) is 12.5. The highest BCUT2D eigenvalue weighted by Crippen LogP contribution is 2.29. The summed E-state index contributed by atoms with van der Waals surface area (Å²) in [6.07, 6.45) is 5.07. The molecule has 1 saturated carbocycles. The molecule has 5 heteroatoms.